The highest BCUT2D eigenvalue weighted by Gasteiger charge is 2.32. The van der Waals surface area contributed by atoms with Gasteiger partial charge in [-0.05, 0) is 81.0 Å². The van der Waals surface area contributed by atoms with E-state index in [1.54, 1.807) is 6.92 Å². The van der Waals surface area contributed by atoms with Crippen LogP contribution in [0.3, 0.4) is 0 Å². The SMILES string of the molecule is CCC1=C(C)c2cc3[nH]c(cc4[nH]c(c5c(=O)oc(O)c6c(C)c(cc1n2)nc65)[C@@H](CCC(=O)O)C4C)c(C)c3=C(C)O. The average Bonchev–Trinajstić information content (AvgIpc) is 3.61. The van der Waals surface area contributed by atoms with Crippen LogP contribution in [-0.4, -0.2) is 41.2 Å². The summed E-state index contributed by atoms with van der Waals surface area (Å²) < 4.78 is 5.36. The Hall–Kier alpha value is -4.86. The number of aliphatic carboxylic acids is 1. The van der Waals surface area contributed by atoms with Crippen LogP contribution in [0, 0.1) is 13.8 Å². The molecule has 0 fully saturated rings. The summed E-state index contributed by atoms with van der Waals surface area (Å²) in [5.41, 5.74) is 7.82. The summed E-state index contributed by atoms with van der Waals surface area (Å²) in [5, 5.41) is 32.2. The highest BCUT2D eigenvalue weighted by molar-refractivity contribution is 6.04. The lowest BCUT2D eigenvalue weighted by molar-refractivity contribution is -0.137. The summed E-state index contributed by atoms with van der Waals surface area (Å²) in [4.78, 5) is 41.7. The van der Waals surface area contributed by atoms with Crippen LogP contribution in [0.25, 0.3) is 49.7 Å². The van der Waals surface area contributed by atoms with Gasteiger partial charge in [-0.1, -0.05) is 13.8 Å². The van der Waals surface area contributed by atoms with E-state index in [9.17, 15) is 24.9 Å². The van der Waals surface area contributed by atoms with Crippen LogP contribution in [-0.2, 0) is 4.79 Å². The van der Waals surface area contributed by atoms with Crippen LogP contribution in [0.1, 0.15) is 92.7 Å². The molecule has 0 radical (unpaired) electrons. The van der Waals surface area contributed by atoms with Crippen molar-refractivity contribution in [3.05, 3.63) is 67.7 Å². The maximum atomic E-state index is 13.4. The lowest BCUT2D eigenvalue weighted by Gasteiger charge is -2.15. The number of aliphatic hydroxyl groups excluding tert-OH is 1. The van der Waals surface area contributed by atoms with Crippen LogP contribution in [0.5, 0.6) is 5.95 Å². The number of aromatic amines is 2. The highest BCUT2D eigenvalue weighted by Crippen LogP contribution is 2.43. The maximum absolute atomic E-state index is 13.4. The lowest BCUT2D eigenvalue weighted by atomic mass is 9.86. The predicted octanol–water partition coefficient (Wildman–Crippen LogP) is 6.24. The Balaban J connectivity index is 1.87. The van der Waals surface area contributed by atoms with Gasteiger partial charge in [-0.3, -0.25) is 4.79 Å². The molecule has 43 heavy (non-hydrogen) atoms. The first-order valence-corrected chi connectivity index (χ1v) is 14.4. The molecule has 0 saturated carbocycles. The number of hydrogen-bond donors (Lipinski definition) is 5. The number of aliphatic hydroxyl groups is 1. The van der Waals surface area contributed by atoms with E-state index in [1.807, 2.05) is 45.9 Å². The molecule has 2 aliphatic rings. The molecule has 0 aliphatic carbocycles. The van der Waals surface area contributed by atoms with Crippen molar-refractivity contribution < 1.29 is 24.5 Å². The topological polar surface area (TPSA) is 165 Å². The van der Waals surface area contributed by atoms with Gasteiger partial charge in [-0.2, -0.15) is 0 Å². The molecule has 0 spiro atoms. The quantitative estimate of drug-likeness (QED) is 0.189. The molecule has 0 amide bonds. The second-order valence-electron chi connectivity index (χ2n) is 11.5. The monoisotopic (exact) mass is 582 g/mol. The summed E-state index contributed by atoms with van der Waals surface area (Å²) in [5.74, 6) is -1.84. The molecule has 6 heterocycles. The van der Waals surface area contributed by atoms with Gasteiger partial charge in [0.15, 0.2) is 0 Å². The largest absolute Gasteiger partial charge is 0.512 e. The second-order valence-corrected chi connectivity index (χ2v) is 11.5. The van der Waals surface area contributed by atoms with Crippen LogP contribution in [0.15, 0.2) is 27.4 Å². The fraction of sp³-hybridized carbons (Fsp3) is 0.333. The molecule has 10 heteroatoms. The molecule has 8 bridgehead atoms. The van der Waals surface area contributed by atoms with Gasteiger partial charge in [0.25, 0.3) is 5.95 Å². The van der Waals surface area contributed by atoms with Gasteiger partial charge >= 0.3 is 11.6 Å². The molecule has 10 nitrogen and oxygen atoms in total. The Morgan fingerprint density at radius 3 is 2.42 bits per heavy atom. The maximum Gasteiger partial charge on any atom is 0.349 e. The van der Waals surface area contributed by atoms with Crippen LogP contribution in [0.2, 0.25) is 0 Å². The summed E-state index contributed by atoms with van der Waals surface area (Å²) in [7, 11) is 0. The summed E-state index contributed by atoms with van der Waals surface area (Å²) in [6, 6.07) is 5.73. The van der Waals surface area contributed by atoms with E-state index in [1.165, 1.54) is 0 Å². The van der Waals surface area contributed by atoms with Crippen LogP contribution >= 0.6 is 0 Å². The molecular weight excluding hydrogens is 548 g/mol. The van der Waals surface area contributed by atoms with E-state index in [-0.39, 0.29) is 35.8 Å². The van der Waals surface area contributed by atoms with Crippen molar-refractivity contribution in [2.45, 2.75) is 72.6 Å². The molecule has 0 saturated heterocycles. The number of fused-ring (bicyclic) bond motifs is 8. The lowest BCUT2D eigenvalue weighted by Crippen LogP contribution is -2.09. The van der Waals surface area contributed by atoms with Crippen molar-refractivity contribution in [1.82, 2.24) is 19.9 Å². The zero-order valence-electron chi connectivity index (χ0n) is 25.0. The minimum absolute atomic E-state index is 0.0973. The van der Waals surface area contributed by atoms with Crippen molar-refractivity contribution in [2.24, 2.45) is 0 Å². The summed E-state index contributed by atoms with van der Waals surface area (Å²) >= 11 is 0. The van der Waals surface area contributed by atoms with Crippen molar-refractivity contribution in [2.75, 3.05) is 0 Å². The van der Waals surface area contributed by atoms with Crippen molar-refractivity contribution >= 4 is 55.7 Å². The number of allylic oxidation sites excluding steroid dienone is 2. The first-order valence-electron chi connectivity index (χ1n) is 14.4. The number of H-pyrrole nitrogens is 2. The van der Waals surface area contributed by atoms with Gasteiger partial charge < -0.3 is 29.7 Å². The van der Waals surface area contributed by atoms with Gasteiger partial charge in [0, 0.05) is 40.4 Å². The zero-order valence-corrected chi connectivity index (χ0v) is 25.0. The number of rotatable bonds is 4. The number of aromatic hydroxyl groups is 1. The highest BCUT2D eigenvalue weighted by atomic mass is 16.5. The Labute approximate surface area is 246 Å². The average molecular weight is 583 g/mol. The van der Waals surface area contributed by atoms with Crippen LogP contribution < -0.4 is 10.8 Å². The molecule has 4 aromatic heterocycles. The first kappa shape index (κ1) is 28.3. The molecule has 2 aliphatic heterocycles. The number of carboxylic acid groups (broad SMARTS) is 1. The van der Waals surface area contributed by atoms with Gasteiger partial charge in [-0.15, -0.1) is 0 Å². The normalized spacial score (nSPS) is 17.6. The van der Waals surface area contributed by atoms with Crippen molar-refractivity contribution in [3.8, 4) is 5.95 Å². The third-order valence-electron chi connectivity index (χ3n) is 9.03. The Morgan fingerprint density at radius 1 is 1.00 bits per heavy atom. The van der Waals surface area contributed by atoms with Crippen molar-refractivity contribution in [3.63, 3.8) is 0 Å². The van der Waals surface area contributed by atoms with E-state index in [4.69, 9.17) is 14.4 Å². The second kappa shape index (κ2) is 10.1. The summed E-state index contributed by atoms with van der Waals surface area (Å²) in [6.07, 6.45) is 0.894. The van der Waals surface area contributed by atoms with Gasteiger partial charge in [0.05, 0.1) is 39.1 Å². The third-order valence-corrected chi connectivity index (χ3v) is 9.03. The smallest absolute Gasteiger partial charge is 0.349 e. The third kappa shape index (κ3) is 4.40. The minimum Gasteiger partial charge on any atom is -0.512 e. The van der Waals surface area contributed by atoms with E-state index >= 15 is 0 Å². The standard InChI is InChI=1S/C33H34N4O6/c1-7-18-13(2)20-12-25-27(17(6)38)15(4)22(35-25)10-21-14(3)19(8-9-26(39)40)30(36-21)29-31-28(32(41)43-33(29)42)16(5)23(37-31)11-24(18)34-20/h10-12,14,19,35-36,38,41H,7-9H2,1-6H3,(H,39,40)/t14?,19-/m0/s1. The molecule has 2 atom stereocenters. The number of aromatic nitrogens is 4. The fourth-order valence-corrected chi connectivity index (χ4v) is 6.70. The number of nitrogens with one attached hydrogen (secondary N) is 2. The number of hydrogen-bond acceptors (Lipinski definition) is 7. The fourth-order valence-electron chi connectivity index (χ4n) is 6.70. The Bertz CT molecular complexity index is 2160. The van der Waals surface area contributed by atoms with Gasteiger partial charge in [0.2, 0.25) is 0 Å². The van der Waals surface area contributed by atoms with E-state index in [0.717, 1.165) is 45.7 Å². The van der Waals surface area contributed by atoms with E-state index in [2.05, 4.69) is 16.9 Å². The number of carbonyl (C=O) groups is 1. The van der Waals surface area contributed by atoms with Gasteiger partial charge in [0.1, 0.15) is 5.39 Å². The number of carboxylic acids is 1. The molecular formula is C33H34N4O6. The molecule has 0 aromatic carbocycles. The Morgan fingerprint density at radius 2 is 1.74 bits per heavy atom. The first-order chi connectivity index (χ1) is 20.4. The molecule has 6 rings (SSSR count). The summed E-state index contributed by atoms with van der Waals surface area (Å²) in [6.45, 7) is 11.4. The molecule has 222 valence electrons. The van der Waals surface area contributed by atoms with Crippen molar-refractivity contribution in [1.29, 1.82) is 0 Å². The van der Waals surface area contributed by atoms with Gasteiger partial charge in [-0.25, -0.2) is 14.8 Å². The Kier molecular flexibility index (Phi) is 6.67. The molecule has 5 N–H and O–H groups in total. The molecule has 4 aromatic rings. The van der Waals surface area contributed by atoms with E-state index < -0.39 is 17.5 Å². The number of aryl methyl sites for hydroxylation is 2. The minimum atomic E-state index is -0.938. The zero-order chi connectivity index (χ0) is 30.9. The van der Waals surface area contributed by atoms with Crippen LogP contribution in [0.4, 0.5) is 0 Å². The molecule has 1 unspecified atom stereocenters. The van der Waals surface area contributed by atoms with E-state index in [0.29, 0.717) is 38.4 Å². The predicted molar refractivity (Wildman–Crippen MR) is 166 cm³/mol. The number of nitrogens with zero attached hydrogens (tertiary/aromatic N) is 2.